The molecule has 0 aliphatic rings. The first-order chi connectivity index (χ1) is 7.68. The summed E-state index contributed by atoms with van der Waals surface area (Å²) in [5.41, 5.74) is 7.04. The highest BCUT2D eigenvalue weighted by Gasteiger charge is 1.96. The lowest BCUT2D eigenvalue weighted by atomic mass is 10.2. The van der Waals surface area contributed by atoms with Gasteiger partial charge in [0.2, 0.25) is 0 Å². The molecule has 1 unspecified atom stereocenters. The highest BCUT2D eigenvalue weighted by atomic mass is 35.5. The Hall–Kier alpha value is -0.180. The van der Waals surface area contributed by atoms with Crippen molar-refractivity contribution >= 4 is 23.4 Å². The molecular weight excluding hydrogens is 238 g/mol. The third-order valence-electron chi connectivity index (χ3n) is 2.38. The molecule has 0 radical (unpaired) electrons. The number of nitrogens with two attached hydrogens (primary N) is 1. The second kappa shape index (κ2) is 7.99. The molecule has 1 aromatic rings. The number of benzene rings is 1. The van der Waals surface area contributed by atoms with Gasteiger partial charge in [-0.15, -0.1) is 0 Å². The number of hydrogen-bond donors (Lipinski definition) is 1. The summed E-state index contributed by atoms with van der Waals surface area (Å²) in [6.07, 6.45) is 3.65. The minimum Gasteiger partial charge on any atom is -0.328 e. The van der Waals surface area contributed by atoms with Crippen molar-refractivity contribution in [2.75, 3.05) is 5.75 Å². The van der Waals surface area contributed by atoms with E-state index in [4.69, 9.17) is 17.3 Å². The predicted molar refractivity (Wildman–Crippen MR) is 75.1 cm³/mol. The third kappa shape index (κ3) is 6.41. The van der Waals surface area contributed by atoms with Gasteiger partial charge in [-0.1, -0.05) is 30.2 Å². The fraction of sp³-hybridized carbons (Fsp3) is 0.538. The van der Waals surface area contributed by atoms with Crippen LogP contribution in [0.3, 0.4) is 0 Å². The van der Waals surface area contributed by atoms with Gasteiger partial charge in [-0.3, -0.25) is 0 Å². The van der Waals surface area contributed by atoms with E-state index in [0.29, 0.717) is 6.04 Å². The minimum absolute atomic E-state index is 0.348. The summed E-state index contributed by atoms with van der Waals surface area (Å²) in [7, 11) is 0. The molecule has 0 aromatic heterocycles. The number of thioether (sulfide) groups is 1. The van der Waals surface area contributed by atoms with Crippen molar-refractivity contribution in [3.8, 4) is 0 Å². The van der Waals surface area contributed by atoms with Crippen LogP contribution in [0, 0.1) is 0 Å². The molecule has 3 heteroatoms. The normalized spacial score (nSPS) is 12.7. The maximum absolute atomic E-state index is 5.83. The Balaban J connectivity index is 2.05. The van der Waals surface area contributed by atoms with Crippen molar-refractivity contribution in [3.05, 3.63) is 34.9 Å². The van der Waals surface area contributed by atoms with E-state index in [-0.39, 0.29) is 0 Å². The molecule has 0 fully saturated rings. The van der Waals surface area contributed by atoms with Gasteiger partial charge >= 0.3 is 0 Å². The Morgan fingerprint density at radius 3 is 2.56 bits per heavy atom. The molecular formula is C13H20ClNS. The van der Waals surface area contributed by atoms with Crippen LogP contribution >= 0.6 is 23.4 Å². The lowest BCUT2D eigenvalue weighted by Gasteiger charge is -2.04. The SMILES string of the molecule is CC(N)CCCCSCc1ccc(Cl)cc1. The van der Waals surface area contributed by atoms with Crippen molar-refractivity contribution in [1.82, 2.24) is 0 Å². The van der Waals surface area contributed by atoms with E-state index in [2.05, 4.69) is 19.1 Å². The summed E-state index contributed by atoms with van der Waals surface area (Å²) in [6, 6.07) is 8.44. The summed E-state index contributed by atoms with van der Waals surface area (Å²) in [4.78, 5) is 0. The molecule has 0 saturated carbocycles. The monoisotopic (exact) mass is 257 g/mol. The summed E-state index contributed by atoms with van der Waals surface area (Å²) >= 11 is 7.81. The number of unbranched alkanes of at least 4 members (excludes halogenated alkanes) is 1. The lowest BCUT2D eigenvalue weighted by molar-refractivity contribution is 0.618. The largest absolute Gasteiger partial charge is 0.328 e. The summed E-state index contributed by atoms with van der Waals surface area (Å²) in [5, 5.41) is 0.811. The van der Waals surface area contributed by atoms with Gasteiger partial charge in [0.1, 0.15) is 0 Å². The van der Waals surface area contributed by atoms with Gasteiger partial charge in [-0.2, -0.15) is 11.8 Å². The first-order valence-corrected chi connectivity index (χ1v) is 7.29. The highest BCUT2D eigenvalue weighted by Crippen LogP contribution is 2.16. The first kappa shape index (κ1) is 13.9. The quantitative estimate of drug-likeness (QED) is 0.745. The standard InChI is InChI=1S/C13H20ClNS/c1-11(15)4-2-3-9-16-10-12-5-7-13(14)8-6-12/h5-8,11H,2-4,9-10,15H2,1H3. The van der Waals surface area contributed by atoms with Crippen molar-refractivity contribution in [2.45, 2.75) is 38.0 Å². The number of halogens is 1. The van der Waals surface area contributed by atoms with E-state index in [1.165, 1.54) is 24.2 Å². The van der Waals surface area contributed by atoms with E-state index >= 15 is 0 Å². The fourth-order valence-electron chi connectivity index (χ4n) is 1.44. The Morgan fingerprint density at radius 1 is 1.25 bits per heavy atom. The number of hydrogen-bond acceptors (Lipinski definition) is 2. The molecule has 1 atom stereocenters. The van der Waals surface area contributed by atoms with Crippen LogP contribution in [-0.4, -0.2) is 11.8 Å². The van der Waals surface area contributed by atoms with Gasteiger partial charge in [-0.05, 0) is 43.2 Å². The van der Waals surface area contributed by atoms with Crippen molar-refractivity contribution in [1.29, 1.82) is 0 Å². The van der Waals surface area contributed by atoms with Crippen molar-refractivity contribution in [3.63, 3.8) is 0 Å². The second-order valence-corrected chi connectivity index (χ2v) is 5.69. The van der Waals surface area contributed by atoms with Crippen LogP contribution in [-0.2, 0) is 5.75 Å². The minimum atomic E-state index is 0.348. The molecule has 2 N–H and O–H groups in total. The molecule has 0 bridgehead atoms. The van der Waals surface area contributed by atoms with E-state index in [1.807, 2.05) is 23.9 Å². The second-order valence-electron chi connectivity index (χ2n) is 4.15. The van der Waals surface area contributed by atoms with Crippen molar-refractivity contribution in [2.24, 2.45) is 5.73 Å². The van der Waals surface area contributed by atoms with Crippen LogP contribution in [0.4, 0.5) is 0 Å². The zero-order valence-electron chi connectivity index (χ0n) is 9.79. The maximum Gasteiger partial charge on any atom is 0.0406 e. The van der Waals surface area contributed by atoms with Crippen LogP contribution in [0.5, 0.6) is 0 Å². The van der Waals surface area contributed by atoms with Gasteiger partial charge < -0.3 is 5.73 Å². The first-order valence-electron chi connectivity index (χ1n) is 5.76. The Bertz CT molecular complexity index is 284. The van der Waals surface area contributed by atoms with Gasteiger partial charge in [0.15, 0.2) is 0 Å². The molecule has 0 amide bonds. The van der Waals surface area contributed by atoms with Crippen LogP contribution in [0.2, 0.25) is 5.02 Å². The molecule has 16 heavy (non-hydrogen) atoms. The van der Waals surface area contributed by atoms with Crippen molar-refractivity contribution < 1.29 is 0 Å². The average molecular weight is 258 g/mol. The molecule has 90 valence electrons. The smallest absolute Gasteiger partial charge is 0.0406 e. The zero-order chi connectivity index (χ0) is 11.8. The predicted octanol–water partition coefficient (Wildman–Crippen LogP) is 4.09. The molecule has 1 aromatic carbocycles. The molecule has 0 aliphatic carbocycles. The maximum atomic E-state index is 5.83. The molecule has 1 nitrogen and oxygen atoms in total. The van der Waals surface area contributed by atoms with Gasteiger partial charge in [0, 0.05) is 16.8 Å². The van der Waals surface area contributed by atoms with Crippen LogP contribution < -0.4 is 5.73 Å². The third-order valence-corrected chi connectivity index (χ3v) is 3.75. The Kier molecular flexibility index (Phi) is 6.93. The lowest BCUT2D eigenvalue weighted by Crippen LogP contribution is -2.14. The number of rotatable bonds is 7. The van der Waals surface area contributed by atoms with Crippen LogP contribution in [0.1, 0.15) is 31.7 Å². The van der Waals surface area contributed by atoms with E-state index in [1.54, 1.807) is 0 Å². The van der Waals surface area contributed by atoms with Gasteiger partial charge in [-0.25, -0.2) is 0 Å². The average Bonchev–Trinajstić information content (AvgIpc) is 2.25. The van der Waals surface area contributed by atoms with E-state index in [0.717, 1.165) is 17.2 Å². The molecule has 0 heterocycles. The topological polar surface area (TPSA) is 26.0 Å². The molecule has 0 spiro atoms. The fourth-order valence-corrected chi connectivity index (χ4v) is 2.55. The zero-order valence-corrected chi connectivity index (χ0v) is 11.4. The van der Waals surface area contributed by atoms with E-state index in [9.17, 15) is 0 Å². The summed E-state index contributed by atoms with van der Waals surface area (Å²) in [5.74, 6) is 2.30. The Morgan fingerprint density at radius 2 is 1.94 bits per heavy atom. The molecule has 0 aliphatic heterocycles. The summed E-state index contributed by atoms with van der Waals surface area (Å²) in [6.45, 7) is 2.07. The molecule has 1 rings (SSSR count). The van der Waals surface area contributed by atoms with Gasteiger partial charge in [0.25, 0.3) is 0 Å². The summed E-state index contributed by atoms with van der Waals surface area (Å²) < 4.78 is 0. The van der Waals surface area contributed by atoms with Gasteiger partial charge in [0.05, 0.1) is 0 Å². The molecule has 0 saturated heterocycles. The van der Waals surface area contributed by atoms with Crippen LogP contribution in [0.15, 0.2) is 24.3 Å². The Labute approximate surface area is 108 Å². The highest BCUT2D eigenvalue weighted by molar-refractivity contribution is 7.98. The van der Waals surface area contributed by atoms with E-state index < -0.39 is 0 Å². The van der Waals surface area contributed by atoms with Crippen LogP contribution in [0.25, 0.3) is 0 Å².